The lowest BCUT2D eigenvalue weighted by molar-refractivity contribution is -0.134. The first-order valence-corrected chi connectivity index (χ1v) is 9.59. The van der Waals surface area contributed by atoms with Gasteiger partial charge in [0.15, 0.2) is 11.8 Å². The zero-order valence-corrected chi connectivity index (χ0v) is 16.4. The summed E-state index contributed by atoms with van der Waals surface area (Å²) in [5, 5.41) is 0.544. The van der Waals surface area contributed by atoms with Crippen molar-refractivity contribution in [3.05, 3.63) is 68.6 Å². The molecule has 1 saturated heterocycles. The number of benzene rings is 1. The van der Waals surface area contributed by atoms with E-state index in [0.29, 0.717) is 24.0 Å². The molecule has 0 radical (unpaired) electrons. The zero-order chi connectivity index (χ0) is 19.6. The molecule has 0 bridgehead atoms. The molecule has 1 aliphatic heterocycles. The lowest BCUT2D eigenvalue weighted by Gasteiger charge is -2.33. The third-order valence-corrected chi connectivity index (χ3v) is 5.45. The summed E-state index contributed by atoms with van der Waals surface area (Å²) < 4.78 is 1.17. The fraction of sp³-hybridized carbons (Fsp3) is 0.350. The van der Waals surface area contributed by atoms with Gasteiger partial charge in [-0.25, -0.2) is 0 Å². The van der Waals surface area contributed by atoms with Gasteiger partial charge in [-0.05, 0) is 43.0 Å². The fourth-order valence-electron chi connectivity index (χ4n) is 3.25. The number of aromatic nitrogens is 1. The average Bonchev–Trinajstić information content (AvgIpc) is 2.64. The Balaban J connectivity index is 2.02. The Morgan fingerprint density at radius 3 is 2.44 bits per heavy atom. The van der Waals surface area contributed by atoms with Gasteiger partial charge in [0.1, 0.15) is 0 Å². The minimum absolute atomic E-state index is 0.154. The van der Waals surface area contributed by atoms with Crippen LogP contribution in [0.4, 0.5) is 0 Å². The molecule has 2 heterocycles. The van der Waals surface area contributed by atoms with Crippen LogP contribution in [0.3, 0.4) is 0 Å². The SMILES string of the molecule is CC1CCN(C(=O)C(C(=O)c2ccc(Cl)cc2Cl)n2ccccc2=O)CC1. The molecule has 1 atom stereocenters. The third-order valence-electron chi connectivity index (χ3n) is 4.90. The molecule has 0 spiro atoms. The summed E-state index contributed by atoms with van der Waals surface area (Å²) in [6.45, 7) is 3.28. The molecule has 0 aliphatic carbocycles. The Hall–Kier alpha value is -2.11. The first-order valence-electron chi connectivity index (χ1n) is 8.83. The van der Waals surface area contributed by atoms with Crippen molar-refractivity contribution < 1.29 is 9.59 Å². The monoisotopic (exact) mass is 406 g/mol. The van der Waals surface area contributed by atoms with Gasteiger partial charge in [0.25, 0.3) is 11.5 Å². The predicted molar refractivity (Wildman–Crippen MR) is 106 cm³/mol. The molecule has 0 N–H and O–H groups in total. The summed E-state index contributed by atoms with van der Waals surface area (Å²) in [5.74, 6) is -0.367. The van der Waals surface area contributed by atoms with Crippen LogP contribution in [0.1, 0.15) is 36.2 Å². The Labute approximate surface area is 167 Å². The summed E-state index contributed by atoms with van der Waals surface area (Å²) in [6.07, 6.45) is 3.20. The quantitative estimate of drug-likeness (QED) is 0.572. The molecule has 3 rings (SSSR count). The van der Waals surface area contributed by atoms with E-state index in [9.17, 15) is 14.4 Å². The zero-order valence-electron chi connectivity index (χ0n) is 14.9. The van der Waals surface area contributed by atoms with Crippen molar-refractivity contribution in [1.82, 2.24) is 9.47 Å². The van der Waals surface area contributed by atoms with Gasteiger partial charge in [0, 0.05) is 35.9 Å². The highest BCUT2D eigenvalue weighted by Gasteiger charge is 2.35. The maximum Gasteiger partial charge on any atom is 0.253 e. The number of pyridine rings is 1. The van der Waals surface area contributed by atoms with Crippen LogP contribution in [-0.2, 0) is 4.79 Å². The van der Waals surface area contributed by atoms with Gasteiger partial charge < -0.3 is 4.90 Å². The number of nitrogens with zero attached hydrogens (tertiary/aromatic N) is 2. The summed E-state index contributed by atoms with van der Waals surface area (Å²) in [7, 11) is 0. The van der Waals surface area contributed by atoms with E-state index in [1.807, 2.05) is 0 Å². The van der Waals surface area contributed by atoms with Gasteiger partial charge in [0.2, 0.25) is 0 Å². The Bertz CT molecular complexity index is 917. The van der Waals surface area contributed by atoms with Gasteiger partial charge in [-0.2, -0.15) is 0 Å². The number of rotatable bonds is 4. The standard InChI is InChI=1S/C20H20Cl2N2O3/c1-13-7-10-23(11-8-13)20(27)18(24-9-3-2-4-17(24)25)19(26)15-6-5-14(21)12-16(15)22/h2-6,9,12-13,18H,7-8,10-11H2,1H3. The van der Waals surface area contributed by atoms with E-state index in [4.69, 9.17) is 23.2 Å². The van der Waals surface area contributed by atoms with Crippen LogP contribution in [-0.4, -0.2) is 34.2 Å². The first kappa shape index (κ1) is 19.6. The lowest BCUT2D eigenvalue weighted by Crippen LogP contribution is -2.46. The lowest BCUT2D eigenvalue weighted by atomic mass is 9.97. The van der Waals surface area contributed by atoms with Crippen molar-refractivity contribution in [1.29, 1.82) is 0 Å². The van der Waals surface area contributed by atoms with Crippen LogP contribution >= 0.6 is 23.2 Å². The van der Waals surface area contributed by atoms with Gasteiger partial charge in [-0.1, -0.05) is 36.2 Å². The van der Waals surface area contributed by atoms with Crippen LogP contribution in [0.5, 0.6) is 0 Å². The molecule has 1 unspecified atom stereocenters. The second-order valence-electron chi connectivity index (χ2n) is 6.84. The van der Waals surface area contributed by atoms with E-state index in [0.717, 1.165) is 12.8 Å². The number of piperidine rings is 1. The molecular weight excluding hydrogens is 387 g/mol. The molecule has 0 saturated carbocycles. The molecule has 1 aliphatic rings. The maximum atomic E-state index is 13.2. The van der Waals surface area contributed by atoms with Crippen LogP contribution in [0.25, 0.3) is 0 Å². The van der Waals surface area contributed by atoms with Crippen LogP contribution in [0.2, 0.25) is 10.0 Å². The Morgan fingerprint density at radius 2 is 1.81 bits per heavy atom. The fourth-order valence-corrected chi connectivity index (χ4v) is 3.75. The number of ketones is 1. The summed E-state index contributed by atoms with van der Waals surface area (Å²) in [4.78, 5) is 40.5. The highest BCUT2D eigenvalue weighted by atomic mass is 35.5. The molecule has 1 amide bonds. The minimum Gasteiger partial charge on any atom is -0.340 e. The number of Topliss-reactive ketones (excluding diaryl/α,β-unsaturated/α-hetero) is 1. The van der Waals surface area contributed by atoms with E-state index in [2.05, 4.69) is 6.92 Å². The topological polar surface area (TPSA) is 59.4 Å². The Kier molecular flexibility index (Phi) is 6.02. The third kappa shape index (κ3) is 4.25. The number of halogens is 2. The van der Waals surface area contributed by atoms with E-state index >= 15 is 0 Å². The van der Waals surface area contributed by atoms with Crippen molar-refractivity contribution in [2.24, 2.45) is 5.92 Å². The maximum absolute atomic E-state index is 13.2. The summed E-state index contributed by atoms with van der Waals surface area (Å²) in [6, 6.07) is 7.71. The van der Waals surface area contributed by atoms with Crippen molar-refractivity contribution in [3.8, 4) is 0 Å². The first-order chi connectivity index (χ1) is 12.9. The van der Waals surface area contributed by atoms with Gasteiger partial charge >= 0.3 is 0 Å². The minimum atomic E-state index is -1.29. The summed E-state index contributed by atoms with van der Waals surface area (Å²) in [5.41, 5.74) is -0.250. The molecule has 1 aromatic heterocycles. The van der Waals surface area contributed by atoms with Gasteiger partial charge in [0.05, 0.1) is 5.02 Å². The van der Waals surface area contributed by atoms with Crippen molar-refractivity contribution in [3.63, 3.8) is 0 Å². The van der Waals surface area contributed by atoms with Crippen molar-refractivity contribution >= 4 is 34.9 Å². The Morgan fingerprint density at radius 1 is 1.11 bits per heavy atom. The second-order valence-corrected chi connectivity index (χ2v) is 7.69. The van der Waals surface area contributed by atoms with Crippen LogP contribution in [0, 0.1) is 5.92 Å². The number of carbonyl (C=O) groups is 2. The predicted octanol–water partition coefficient (Wildman–Crippen LogP) is 3.84. The number of carbonyl (C=O) groups excluding carboxylic acids is 2. The van der Waals surface area contributed by atoms with Crippen LogP contribution < -0.4 is 5.56 Å². The largest absolute Gasteiger partial charge is 0.340 e. The molecule has 1 aromatic carbocycles. The normalized spacial score (nSPS) is 16.2. The van der Waals surface area contributed by atoms with Gasteiger partial charge in [-0.3, -0.25) is 19.0 Å². The van der Waals surface area contributed by atoms with E-state index in [1.165, 1.54) is 29.0 Å². The number of likely N-dealkylation sites (tertiary alicyclic amines) is 1. The summed E-state index contributed by atoms with van der Waals surface area (Å²) >= 11 is 12.1. The molecule has 5 nitrogen and oxygen atoms in total. The van der Waals surface area contributed by atoms with Crippen molar-refractivity contribution in [2.75, 3.05) is 13.1 Å². The molecular formula is C20H20Cl2N2O3. The smallest absolute Gasteiger partial charge is 0.253 e. The number of hydrogen-bond acceptors (Lipinski definition) is 3. The number of hydrogen-bond donors (Lipinski definition) is 0. The van der Waals surface area contributed by atoms with Gasteiger partial charge in [-0.15, -0.1) is 0 Å². The molecule has 1 fully saturated rings. The highest BCUT2D eigenvalue weighted by Crippen LogP contribution is 2.27. The molecule has 142 valence electrons. The molecule has 27 heavy (non-hydrogen) atoms. The van der Waals surface area contributed by atoms with Crippen molar-refractivity contribution in [2.45, 2.75) is 25.8 Å². The highest BCUT2D eigenvalue weighted by molar-refractivity contribution is 6.37. The second kappa shape index (κ2) is 8.28. The van der Waals surface area contributed by atoms with E-state index < -0.39 is 17.4 Å². The van der Waals surface area contributed by atoms with Crippen LogP contribution in [0.15, 0.2) is 47.4 Å². The van der Waals surface area contributed by atoms with E-state index in [-0.39, 0.29) is 16.5 Å². The molecule has 7 heteroatoms. The number of amides is 1. The average molecular weight is 407 g/mol. The van der Waals surface area contributed by atoms with E-state index in [1.54, 1.807) is 23.1 Å². The molecule has 2 aromatic rings.